The summed E-state index contributed by atoms with van der Waals surface area (Å²) in [5, 5.41) is 6.37. The number of hydrogen-bond acceptors (Lipinski definition) is 2. The molecule has 0 bridgehead atoms. The van der Waals surface area contributed by atoms with Crippen LogP contribution in [0.1, 0.15) is 52.7 Å². The van der Waals surface area contributed by atoms with Gasteiger partial charge in [0.1, 0.15) is 0 Å². The molecule has 3 heteroatoms. The van der Waals surface area contributed by atoms with Gasteiger partial charge in [-0.25, -0.2) is 0 Å². The number of hydrogen-bond donors (Lipinski definition) is 1. The molecule has 3 aromatic rings. The van der Waals surface area contributed by atoms with Crippen LogP contribution in [0, 0.1) is 5.92 Å². The van der Waals surface area contributed by atoms with Crippen LogP contribution in [-0.4, -0.2) is 23.9 Å². The molecule has 2 heterocycles. The fourth-order valence-electron chi connectivity index (χ4n) is 5.62. The topological polar surface area (TPSA) is 32.3 Å². The Morgan fingerprint density at radius 2 is 1.77 bits per heavy atom. The molecule has 6 rings (SSSR count). The first kappa shape index (κ1) is 17.8. The van der Waals surface area contributed by atoms with Crippen molar-refractivity contribution in [1.29, 1.82) is 0 Å². The van der Waals surface area contributed by atoms with Crippen molar-refractivity contribution >= 4 is 22.4 Å². The van der Waals surface area contributed by atoms with E-state index in [1.807, 2.05) is 11.0 Å². The van der Waals surface area contributed by atoms with Gasteiger partial charge in [0.25, 0.3) is 5.91 Å². The van der Waals surface area contributed by atoms with Crippen LogP contribution in [0.15, 0.2) is 72.8 Å². The molecular formula is C27H26N2O. The van der Waals surface area contributed by atoms with E-state index in [1.54, 1.807) is 0 Å². The lowest BCUT2D eigenvalue weighted by molar-refractivity contribution is 0.0793. The van der Waals surface area contributed by atoms with E-state index in [1.165, 1.54) is 21.9 Å². The van der Waals surface area contributed by atoms with E-state index in [9.17, 15) is 4.79 Å². The van der Waals surface area contributed by atoms with Crippen molar-refractivity contribution in [1.82, 2.24) is 4.90 Å². The quantitative estimate of drug-likeness (QED) is 0.549. The van der Waals surface area contributed by atoms with Gasteiger partial charge in [0.15, 0.2) is 0 Å². The number of likely N-dealkylation sites (tertiary alicyclic amines) is 1. The fraction of sp³-hybridized carbons (Fsp3) is 0.296. The number of nitrogens with one attached hydrogen (secondary N) is 1. The summed E-state index contributed by atoms with van der Waals surface area (Å²) in [4.78, 5) is 15.3. The molecule has 2 aliphatic heterocycles. The minimum absolute atomic E-state index is 0.175. The smallest absolute Gasteiger partial charge is 0.255 e. The normalized spacial score (nSPS) is 24.5. The summed E-state index contributed by atoms with van der Waals surface area (Å²) < 4.78 is 0. The van der Waals surface area contributed by atoms with Crippen LogP contribution < -0.4 is 5.32 Å². The van der Waals surface area contributed by atoms with E-state index in [4.69, 9.17) is 0 Å². The number of fused-ring (bicyclic) bond motifs is 4. The van der Waals surface area contributed by atoms with Crippen LogP contribution in [0.3, 0.4) is 0 Å². The molecule has 0 aromatic heterocycles. The zero-order valence-electron chi connectivity index (χ0n) is 17.1. The Balaban J connectivity index is 1.44. The summed E-state index contributed by atoms with van der Waals surface area (Å²) in [6, 6.07) is 21.8. The van der Waals surface area contributed by atoms with E-state index in [2.05, 4.69) is 72.1 Å². The molecule has 150 valence electrons. The summed E-state index contributed by atoms with van der Waals surface area (Å²) in [5.74, 6) is 1.02. The third-order valence-electron chi connectivity index (χ3n) is 7.15. The zero-order chi connectivity index (χ0) is 20.1. The molecule has 1 saturated heterocycles. The predicted octanol–water partition coefficient (Wildman–Crippen LogP) is 5.90. The van der Waals surface area contributed by atoms with Gasteiger partial charge in [-0.1, -0.05) is 60.7 Å². The zero-order valence-corrected chi connectivity index (χ0v) is 17.1. The number of para-hydroxylation sites is 1. The van der Waals surface area contributed by atoms with Crippen molar-refractivity contribution in [3.8, 4) is 0 Å². The SMILES string of the molecule is O=C(c1cccc2c1NC(c1ccc3ccccc3c1)C1CC=CC21)N1CCCC1. The molecule has 0 radical (unpaired) electrons. The Morgan fingerprint density at radius 1 is 0.933 bits per heavy atom. The van der Waals surface area contributed by atoms with Gasteiger partial charge in [-0.15, -0.1) is 0 Å². The maximum Gasteiger partial charge on any atom is 0.255 e. The van der Waals surface area contributed by atoms with Crippen molar-refractivity contribution in [2.45, 2.75) is 31.2 Å². The lowest BCUT2D eigenvalue weighted by atomic mass is 9.76. The molecule has 3 aromatic carbocycles. The number of anilines is 1. The van der Waals surface area contributed by atoms with E-state index in [-0.39, 0.29) is 11.9 Å². The third kappa shape index (κ3) is 2.76. The highest BCUT2D eigenvalue weighted by Crippen LogP contribution is 2.51. The number of amides is 1. The maximum atomic E-state index is 13.3. The summed E-state index contributed by atoms with van der Waals surface area (Å²) in [6.45, 7) is 1.76. The van der Waals surface area contributed by atoms with Gasteiger partial charge in [0, 0.05) is 19.0 Å². The van der Waals surface area contributed by atoms with Crippen LogP contribution in [0.4, 0.5) is 5.69 Å². The first-order valence-electron chi connectivity index (χ1n) is 11.1. The number of carbonyl (C=O) groups is 1. The molecule has 1 amide bonds. The van der Waals surface area contributed by atoms with Crippen LogP contribution >= 0.6 is 0 Å². The number of carbonyl (C=O) groups excluding carboxylic acids is 1. The number of benzene rings is 3. The van der Waals surface area contributed by atoms with Crippen molar-refractivity contribution in [2.75, 3.05) is 18.4 Å². The van der Waals surface area contributed by atoms with Gasteiger partial charge in [-0.3, -0.25) is 4.79 Å². The Kier molecular flexibility index (Phi) is 4.15. The molecule has 3 aliphatic rings. The van der Waals surface area contributed by atoms with E-state index >= 15 is 0 Å². The Morgan fingerprint density at radius 3 is 2.63 bits per heavy atom. The minimum Gasteiger partial charge on any atom is -0.377 e. The average molecular weight is 395 g/mol. The Hall–Kier alpha value is -3.07. The summed E-state index contributed by atoms with van der Waals surface area (Å²) >= 11 is 0. The number of rotatable bonds is 2. The van der Waals surface area contributed by atoms with Crippen LogP contribution in [0.25, 0.3) is 10.8 Å². The van der Waals surface area contributed by atoms with Gasteiger partial charge in [0.2, 0.25) is 0 Å². The molecule has 3 atom stereocenters. The highest BCUT2D eigenvalue weighted by Gasteiger charge is 2.39. The van der Waals surface area contributed by atoms with E-state index in [0.717, 1.165) is 43.6 Å². The van der Waals surface area contributed by atoms with Crippen LogP contribution in [0.2, 0.25) is 0 Å². The molecule has 1 fully saturated rings. The molecule has 0 saturated carbocycles. The van der Waals surface area contributed by atoms with Gasteiger partial charge >= 0.3 is 0 Å². The van der Waals surface area contributed by atoms with E-state index in [0.29, 0.717) is 11.8 Å². The summed E-state index contributed by atoms with van der Waals surface area (Å²) in [6.07, 6.45) is 7.96. The molecule has 30 heavy (non-hydrogen) atoms. The van der Waals surface area contributed by atoms with E-state index < -0.39 is 0 Å². The van der Waals surface area contributed by atoms with Crippen molar-refractivity contribution in [2.24, 2.45) is 5.92 Å². The molecule has 0 spiro atoms. The first-order chi connectivity index (χ1) is 14.8. The fourth-order valence-corrected chi connectivity index (χ4v) is 5.62. The van der Waals surface area contributed by atoms with Crippen LogP contribution in [-0.2, 0) is 0 Å². The lowest BCUT2D eigenvalue weighted by Gasteiger charge is -2.38. The number of nitrogens with zero attached hydrogens (tertiary/aromatic N) is 1. The summed E-state index contributed by atoms with van der Waals surface area (Å²) in [5.41, 5.74) is 4.46. The highest BCUT2D eigenvalue weighted by molar-refractivity contribution is 6.01. The first-order valence-corrected chi connectivity index (χ1v) is 11.1. The predicted molar refractivity (Wildman–Crippen MR) is 122 cm³/mol. The van der Waals surface area contributed by atoms with Gasteiger partial charge in [-0.2, -0.15) is 0 Å². The lowest BCUT2D eigenvalue weighted by Crippen LogP contribution is -2.33. The molecule has 3 unspecified atom stereocenters. The molecule has 1 aliphatic carbocycles. The van der Waals surface area contributed by atoms with Crippen molar-refractivity contribution < 1.29 is 4.79 Å². The Bertz CT molecular complexity index is 1160. The average Bonchev–Trinajstić information content (AvgIpc) is 3.50. The second-order valence-electron chi connectivity index (χ2n) is 8.85. The monoisotopic (exact) mass is 394 g/mol. The van der Waals surface area contributed by atoms with Crippen molar-refractivity contribution in [3.05, 3.63) is 89.5 Å². The minimum atomic E-state index is 0.175. The molecule has 3 nitrogen and oxygen atoms in total. The highest BCUT2D eigenvalue weighted by atomic mass is 16.2. The second-order valence-corrected chi connectivity index (χ2v) is 8.85. The molecule has 1 N–H and O–H groups in total. The number of allylic oxidation sites excluding steroid dienone is 2. The standard InChI is InChI=1S/C27H26N2O/c30-27(29-15-3-4-16-29)24-12-6-11-23-21-9-5-10-22(21)25(28-26(23)24)20-14-13-18-7-1-2-8-19(18)17-20/h1-2,5-9,11-14,17,21-22,25,28H,3-4,10,15-16H2. The Labute approximate surface area is 177 Å². The molecular weight excluding hydrogens is 368 g/mol. The van der Waals surface area contributed by atoms with Crippen molar-refractivity contribution in [3.63, 3.8) is 0 Å². The van der Waals surface area contributed by atoms with Gasteiger partial charge in [0.05, 0.1) is 17.3 Å². The van der Waals surface area contributed by atoms with Gasteiger partial charge < -0.3 is 10.2 Å². The largest absolute Gasteiger partial charge is 0.377 e. The van der Waals surface area contributed by atoms with Crippen LogP contribution in [0.5, 0.6) is 0 Å². The summed E-state index contributed by atoms with van der Waals surface area (Å²) in [7, 11) is 0. The maximum absolute atomic E-state index is 13.3. The third-order valence-corrected chi connectivity index (χ3v) is 7.15. The van der Waals surface area contributed by atoms with Gasteiger partial charge in [-0.05, 0) is 59.2 Å². The second kappa shape index (κ2) is 7.02.